The van der Waals surface area contributed by atoms with Crippen molar-refractivity contribution in [1.82, 2.24) is 25.3 Å². The summed E-state index contributed by atoms with van der Waals surface area (Å²) in [5.41, 5.74) is 0.897. The van der Waals surface area contributed by atoms with Crippen LogP contribution >= 0.6 is 11.6 Å². The Morgan fingerprint density at radius 2 is 2.12 bits per heavy atom. The molecular weight excluding hydrogens is 344 g/mol. The Kier molecular flexibility index (Phi) is 4.99. The lowest BCUT2D eigenvalue weighted by atomic mass is 9.97. The summed E-state index contributed by atoms with van der Waals surface area (Å²) in [6.07, 6.45) is 3.13. The normalized spacial score (nSPS) is 16.2. The number of carbonyl (C=O) groups excluding carboxylic acids is 1. The topological polar surface area (TPSA) is 96.0 Å². The Balaban J connectivity index is 1.55. The van der Waals surface area contributed by atoms with Crippen LogP contribution in [-0.2, 0) is 4.74 Å². The molecule has 0 unspecified atom stereocenters. The molecule has 0 aromatic carbocycles. The number of halogens is 1. The number of fused-ring (bicyclic) bond motifs is 1. The Hall–Kier alpha value is -2.09. The molecule has 0 atom stereocenters. The van der Waals surface area contributed by atoms with Gasteiger partial charge in [0.2, 0.25) is 5.28 Å². The van der Waals surface area contributed by atoms with Crippen LogP contribution in [0.1, 0.15) is 33.6 Å². The molecule has 3 rings (SSSR count). The molecule has 1 aliphatic heterocycles. The number of imidazole rings is 1. The van der Waals surface area contributed by atoms with E-state index < -0.39 is 5.60 Å². The van der Waals surface area contributed by atoms with E-state index in [0.29, 0.717) is 18.1 Å². The molecule has 0 saturated carbocycles. The summed E-state index contributed by atoms with van der Waals surface area (Å²) in [5, 5.41) is 3.05. The number of carbonyl (C=O) groups is 1. The predicted octanol–water partition coefficient (Wildman–Crippen LogP) is 2.75. The maximum atomic E-state index is 11.8. The standard InChI is InChI=1S/C16H23ClN6O2/c1-16(2,3)25-15(24)18-8-10-4-6-23(7-5-10)13-11-12(20-9-19-11)21-14(17)22-13/h9-10H,4-8H2,1-3H3,(H,18,24)(H,19,20,21,22). The highest BCUT2D eigenvalue weighted by atomic mass is 35.5. The van der Waals surface area contributed by atoms with Gasteiger partial charge in [-0.15, -0.1) is 0 Å². The number of anilines is 1. The highest BCUT2D eigenvalue weighted by Crippen LogP contribution is 2.27. The van der Waals surface area contributed by atoms with Crippen molar-refractivity contribution in [3.8, 4) is 0 Å². The van der Waals surface area contributed by atoms with Crippen LogP contribution in [0.25, 0.3) is 11.2 Å². The molecule has 0 bridgehead atoms. The summed E-state index contributed by atoms with van der Waals surface area (Å²) < 4.78 is 5.27. The van der Waals surface area contributed by atoms with Gasteiger partial charge in [0.25, 0.3) is 0 Å². The lowest BCUT2D eigenvalue weighted by Gasteiger charge is -2.33. The summed E-state index contributed by atoms with van der Waals surface area (Å²) >= 11 is 6.00. The van der Waals surface area contributed by atoms with Gasteiger partial charge in [0.1, 0.15) is 11.1 Å². The van der Waals surface area contributed by atoms with Crippen molar-refractivity contribution in [1.29, 1.82) is 0 Å². The van der Waals surface area contributed by atoms with Crippen LogP contribution in [0.4, 0.5) is 10.6 Å². The minimum absolute atomic E-state index is 0.198. The van der Waals surface area contributed by atoms with E-state index in [1.165, 1.54) is 0 Å². The van der Waals surface area contributed by atoms with Crippen LogP contribution < -0.4 is 10.2 Å². The van der Waals surface area contributed by atoms with Gasteiger partial charge in [0.15, 0.2) is 11.5 Å². The first kappa shape index (κ1) is 17.7. The average molecular weight is 367 g/mol. The van der Waals surface area contributed by atoms with Crippen LogP contribution in [0.15, 0.2) is 6.33 Å². The second-order valence-electron chi connectivity index (χ2n) is 7.23. The largest absolute Gasteiger partial charge is 0.444 e. The highest BCUT2D eigenvalue weighted by molar-refractivity contribution is 6.28. The molecule has 0 radical (unpaired) electrons. The highest BCUT2D eigenvalue weighted by Gasteiger charge is 2.24. The van der Waals surface area contributed by atoms with Crippen molar-refractivity contribution in [2.24, 2.45) is 5.92 Å². The quantitative estimate of drug-likeness (QED) is 0.811. The molecule has 1 fully saturated rings. The molecule has 3 heterocycles. The molecule has 0 aliphatic carbocycles. The minimum Gasteiger partial charge on any atom is -0.444 e. The fourth-order valence-electron chi connectivity index (χ4n) is 2.91. The number of H-pyrrole nitrogens is 1. The van der Waals surface area contributed by atoms with Gasteiger partial charge in [-0.05, 0) is 51.1 Å². The average Bonchev–Trinajstić information content (AvgIpc) is 2.99. The first-order valence-corrected chi connectivity index (χ1v) is 8.78. The number of nitrogens with zero attached hydrogens (tertiary/aromatic N) is 4. The summed E-state index contributed by atoms with van der Waals surface area (Å²) in [4.78, 5) is 29.6. The number of piperidine rings is 1. The van der Waals surface area contributed by atoms with Crippen LogP contribution in [0.3, 0.4) is 0 Å². The fourth-order valence-corrected chi connectivity index (χ4v) is 3.07. The van der Waals surface area contributed by atoms with E-state index in [2.05, 4.69) is 30.2 Å². The molecule has 1 amide bonds. The van der Waals surface area contributed by atoms with Gasteiger partial charge in [-0.1, -0.05) is 0 Å². The SMILES string of the molecule is CC(C)(C)OC(=O)NCC1CCN(c2nc(Cl)nc3nc[nH]c23)CC1. The minimum atomic E-state index is -0.477. The number of aromatic nitrogens is 4. The van der Waals surface area contributed by atoms with Crippen LogP contribution in [0.5, 0.6) is 0 Å². The molecule has 1 saturated heterocycles. The molecule has 8 nitrogen and oxygen atoms in total. The van der Waals surface area contributed by atoms with Crippen molar-refractivity contribution < 1.29 is 9.53 Å². The first-order chi connectivity index (χ1) is 11.8. The third kappa shape index (κ3) is 4.50. The number of hydrogen-bond acceptors (Lipinski definition) is 6. The molecule has 0 spiro atoms. The van der Waals surface area contributed by atoms with E-state index in [9.17, 15) is 4.79 Å². The number of amides is 1. The van der Waals surface area contributed by atoms with Crippen molar-refractivity contribution in [3.05, 3.63) is 11.6 Å². The van der Waals surface area contributed by atoms with E-state index >= 15 is 0 Å². The van der Waals surface area contributed by atoms with Crippen molar-refractivity contribution in [3.63, 3.8) is 0 Å². The fraction of sp³-hybridized carbons (Fsp3) is 0.625. The lowest BCUT2D eigenvalue weighted by Crippen LogP contribution is -2.40. The predicted molar refractivity (Wildman–Crippen MR) is 95.9 cm³/mol. The Morgan fingerprint density at radius 1 is 1.40 bits per heavy atom. The molecule has 9 heteroatoms. The van der Waals surface area contributed by atoms with Gasteiger partial charge in [0.05, 0.1) is 6.33 Å². The summed E-state index contributed by atoms with van der Waals surface area (Å²) in [5.74, 6) is 1.20. The van der Waals surface area contributed by atoms with E-state index in [-0.39, 0.29) is 11.4 Å². The van der Waals surface area contributed by atoms with E-state index in [1.54, 1.807) is 6.33 Å². The lowest BCUT2D eigenvalue weighted by molar-refractivity contribution is 0.0517. The van der Waals surface area contributed by atoms with Gasteiger partial charge in [0, 0.05) is 19.6 Å². The number of nitrogens with one attached hydrogen (secondary N) is 2. The first-order valence-electron chi connectivity index (χ1n) is 8.40. The monoisotopic (exact) mass is 366 g/mol. The third-order valence-corrected chi connectivity index (χ3v) is 4.26. The molecule has 2 N–H and O–H groups in total. The molecule has 2 aromatic rings. The van der Waals surface area contributed by atoms with Crippen molar-refractivity contribution >= 4 is 34.7 Å². The Morgan fingerprint density at radius 3 is 2.80 bits per heavy atom. The van der Waals surface area contributed by atoms with E-state index in [1.807, 2.05) is 20.8 Å². The maximum Gasteiger partial charge on any atom is 0.407 e. The summed E-state index contributed by atoms with van der Waals surface area (Å²) in [6.45, 7) is 7.85. The molecule has 1 aliphatic rings. The van der Waals surface area contributed by atoms with Gasteiger partial charge in [-0.25, -0.2) is 9.78 Å². The smallest absolute Gasteiger partial charge is 0.407 e. The van der Waals surface area contributed by atoms with Crippen molar-refractivity contribution in [2.75, 3.05) is 24.5 Å². The third-order valence-electron chi connectivity index (χ3n) is 4.09. The van der Waals surface area contributed by atoms with Gasteiger partial charge < -0.3 is 19.9 Å². The Bertz CT molecular complexity index is 749. The number of hydrogen-bond donors (Lipinski definition) is 2. The van der Waals surface area contributed by atoms with Crippen LogP contribution in [0, 0.1) is 5.92 Å². The number of aromatic amines is 1. The van der Waals surface area contributed by atoms with Gasteiger partial charge in [-0.3, -0.25) is 0 Å². The second kappa shape index (κ2) is 7.03. The zero-order valence-corrected chi connectivity index (χ0v) is 15.4. The van der Waals surface area contributed by atoms with Crippen molar-refractivity contribution in [2.45, 2.75) is 39.2 Å². The molecule has 25 heavy (non-hydrogen) atoms. The number of alkyl carbamates (subject to hydrolysis) is 1. The Labute approximate surface area is 151 Å². The zero-order valence-electron chi connectivity index (χ0n) is 14.7. The molecule has 136 valence electrons. The number of rotatable bonds is 3. The number of ether oxygens (including phenoxy) is 1. The van der Waals surface area contributed by atoms with E-state index in [4.69, 9.17) is 16.3 Å². The van der Waals surface area contributed by atoms with E-state index in [0.717, 1.165) is 37.3 Å². The molecular formula is C16H23ClN6O2. The maximum absolute atomic E-state index is 11.8. The van der Waals surface area contributed by atoms with Crippen LogP contribution in [-0.4, -0.2) is 51.3 Å². The zero-order chi connectivity index (χ0) is 18.0. The summed E-state index contributed by atoms with van der Waals surface area (Å²) in [7, 11) is 0. The van der Waals surface area contributed by atoms with Crippen LogP contribution in [0.2, 0.25) is 5.28 Å². The van der Waals surface area contributed by atoms with Gasteiger partial charge in [-0.2, -0.15) is 9.97 Å². The summed E-state index contributed by atoms with van der Waals surface area (Å²) in [6, 6.07) is 0. The molecule has 2 aromatic heterocycles. The second-order valence-corrected chi connectivity index (χ2v) is 7.57. The van der Waals surface area contributed by atoms with Gasteiger partial charge >= 0.3 is 6.09 Å².